The standard InChI is InChI=1S/C14H17FN6O/c1-9-18-13(20-14(16)19-9)11-6-10(7-17-12(11)15)8-21-2-4-22-5-3-21/h6-7H,2-5,8H2,1H3,(H2,16,18,19,20). The number of anilines is 1. The summed E-state index contributed by atoms with van der Waals surface area (Å²) in [6.45, 7) is 5.50. The molecule has 3 rings (SSSR count). The monoisotopic (exact) mass is 304 g/mol. The maximum atomic E-state index is 14.0. The average molecular weight is 304 g/mol. The van der Waals surface area contributed by atoms with E-state index < -0.39 is 5.95 Å². The molecule has 0 saturated carbocycles. The Bertz CT molecular complexity index is 654. The lowest BCUT2D eigenvalue weighted by atomic mass is 10.1. The number of nitrogens with zero attached hydrogens (tertiary/aromatic N) is 5. The second kappa shape index (κ2) is 6.29. The van der Waals surface area contributed by atoms with Crippen molar-refractivity contribution in [2.75, 3.05) is 32.0 Å². The lowest BCUT2D eigenvalue weighted by molar-refractivity contribution is 0.0341. The highest BCUT2D eigenvalue weighted by molar-refractivity contribution is 5.56. The molecule has 1 aliphatic rings. The zero-order valence-corrected chi connectivity index (χ0v) is 12.3. The van der Waals surface area contributed by atoms with E-state index in [1.807, 2.05) is 0 Å². The molecule has 0 aromatic carbocycles. The number of halogens is 1. The van der Waals surface area contributed by atoms with Crippen molar-refractivity contribution >= 4 is 5.95 Å². The minimum Gasteiger partial charge on any atom is -0.379 e. The Morgan fingerprint density at radius 2 is 2.05 bits per heavy atom. The highest BCUT2D eigenvalue weighted by atomic mass is 19.1. The van der Waals surface area contributed by atoms with Crippen molar-refractivity contribution in [1.29, 1.82) is 0 Å². The van der Waals surface area contributed by atoms with Gasteiger partial charge in [0.15, 0.2) is 5.82 Å². The van der Waals surface area contributed by atoms with Gasteiger partial charge in [0.25, 0.3) is 0 Å². The van der Waals surface area contributed by atoms with Crippen LogP contribution in [0.15, 0.2) is 12.3 Å². The van der Waals surface area contributed by atoms with Gasteiger partial charge in [-0.25, -0.2) is 9.97 Å². The molecule has 7 nitrogen and oxygen atoms in total. The van der Waals surface area contributed by atoms with Crippen molar-refractivity contribution in [1.82, 2.24) is 24.8 Å². The first-order valence-electron chi connectivity index (χ1n) is 7.05. The molecule has 1 saturated heterocycles. The summed E-state index contributed by atoms with van der Waals surface area (Å²) in [6.07, 6.45) is 1.53. The number of ether oxygens (including phenoxy) is 1. The second-order valence-electron chi connectivity index (χ2n) is 5.13. The fraction of sp³-hybridized carbons (Fsp3) is 0.429. The quantitative estimate of drug-likeness (QED) is 0.839. The predicted octanol–water partition coefficient (Wildman–Crippen LogP) is 0.796. The summed E-state index contributed by atoms with van der Waals surface area (Å²) in [4.78, 5) is 18.1. The van der Waals surface area contributed by atoms with Gasteiger partial charge in [0.1, 0.15) is 5.82 Å². The number of nitrogens with two attached hydrogens (primary N) is 1. The Morgan fingerprint density at radius 3 is 2.77 bits per heavy atom. The van der Waals surface area contributed by atoms with Crippen LogP contribution in [0.4, 0.5) is 10.3 Å². The molecule has 0 spiro atoms. The van der Waals surface area contributed by atoms with Crippen molar-refractivity contribution in [2.45, 2.75) is 13.5 Å². The number of aromatic nitrogens is 4. The van der Waals surface area contributed by atoms with Crippen LogP contribution in [0, 0.1) is 12.9 Å². The fourth-order valence-electron chi connectivity index (χ4n) is 2.38. The summed E-state index contributed by atoms with van der Waals surface area (Å²) >= 11 is 0. The Morgan fingerprint density at radius 1 is 1.27 bits per heavy atom. The van der Waals surface area contributed by atoms with Gasteiger partial charge in [-0.15, -0.1) is 0 Å². The molecule has 0 amide bonds. The summed E-state index contributed by atoms with van der Waals surface area (Å²) in [6, 6.07) is 1.71. The van der Waals surface area contributed by atoms with Crippen molar-refractivity contribution in [2.24, 2.45) is 0 Å². The normalized spacial score (nSPS) is 15.9. The van der Waals surface area contributed by atoms with Gasteiger partial charge in [-0.3, -0.25) is 4.90 Å². The van der Waals surface area contributed by atoms with Crippen molar-refractivity contribution in [3.05, 3.63) is 29.6 Å². The van der Waals surface area contributed by atoms with Gasteiger partial charge in [0.2, 0.25) is 11.9 Å². The summed E-state index contributed by atoms with van der Waals surface area (Å²) in [5, 5.41) is 0. The van der Waals surface area contributed by atoms with E-state index in [0.29, 0.717) is 25.6 Å². The van der Waals surface area contributed by atoms with Crippen LogP contribution in [-0.4, -0.2) is 51.1 Å². The first-order valence-corrected chi connectivity index (χ1v) is 7.05. The molecule has 8 heteroatoms. The Hall–Kier alpha value is -2.19. The van der Waals surface area contributed by atoms with Gasteiger partial charge >= 0.3 is 0 Å². The summed E-state index contributed by atoms with van der Waals surface area (Å²) in [7, 11) is 0. The van der Waals surface area contributed by atoms with Gasteiger partial charge in [0.05, 0.1) is 18.8 Å². The summed E-state index contributed by atoms with van der Waals surface area (Å²) < 4.78 is 19.3. The lowest BCUT2D eigenvalue weighted by Gasteiger charge is -2.26. The molecule has 0 bridgehead atoms. The number of pyridine rings is 1. The molecule has 1 aliphatic heterocycles. The average Bonchev–Trinajstić information content (AvgIpc) is 2.49. The first-order chi connectivity index (χ1) is 10.6. The molecule has 0 radical (unpaired) electrons. The number of aryl methyl sites for hydroxylation is 1. The molecule has 0 atom stereocenters. The van der Waals surface area contributed by atoms with E-state index in [9.17, 15) is 4.39 Å². The third kappa shape index (κ3) is 3.34. The van der Waals surface area contributed by atoms with Gasteiger partial charge in [0, 0.05) is 25.8 Å². The minimum atomic E-state index is -0.615. The molecule has 22 heavy (non-hydrogen) atoms. The van der Waals surface area contributed by atoms with E-state index in [0.717, 1.165) is 18.7 Å². The van der Waals surface area contributed by atoms with Crippen molar-refractivity contribution in [3.63, 3.8) is 0 Å². The van der Waals surface area contributed by atoms with E-state index in [4.69, 9.17) is 10.5 Å². The molecule has 0 aliphatic carbocycles. The molecular weight excluding hydrogens is 287 g/mol. The van der Waals surface area contributed by atoms with Crippen LogP contribution in [-0.2, 0) is 11.3 Å². The summed E-state index contributed by atoms with van der Waals surface area (Å²) in [5.74, 6) is 0.107. The van der Waals surface area contributed by atoms with Crippen LogP contribution < -0.4 is 5.73 Å². The summed E-state index contributed by atoms with van der Waals surface area (Å²) in [5.41, 5.74) is 6.74. The zero-order valence-electron chi connectivity index (χ0n) is 12.3. The van der Waals surface area contributed by atoms with Crippen LogP contribution in [0.3, 0.4) is 0 Å². The molecule has 0 unspecified atom stereocenters. The topological polar surface area (TPSA) is 90.0 Å². The molecule has 116 valence electrons. The highest BCUT2D eigenvalue weighted by Crippen LogP contribution is 2.20. The van der Waals surface area contributed by atoms with Crippen LogP contribution >= 0.6 is 0 Å². The number of hydrogen-bond donors (Lipinski definition) is 1. The molecule has 2 aromatic heterocycles. The third-order valence-electron chi connectivity index (χ3n) is 3.41. The van der Waals surface area contributed by atoms with Crippen molar-refractivity contribution < 1.29 is 9.13 Å². The second-order valence-corrected chi connectivity index (χ2v) is 5.13. The number of rotatable bonds is 3. The maximum absolute atomic E-state index is 14.0. The van der Waals surface area contributed by atoms with Gasteiger partial charge in [-0.05, 0) is 18.6 Å². The zero-order chi connectivity index (χ0) is 15.5. The maximum Gasteiger partial charge on any atom is 0.223 e. The van der Waals surface area contributed by atoms with E-state index in [1.54, 1.807) is 13.0 Å². The molecule has 2 N–H and O–H groups in total. The van der Waals surface area contributed by atoms with Crippen LogP contribution in [0.5, 0.6) is 0 Å². The Kier molecular flexibility index (Phi) is 4.21. The van der Waals surface area contributed by atoms with Crippen molar-refractivity contribution in [3.8, 4) is 11.4 Å². The van der Waals surface area contributed by atoms with Crippen LogP contribution in [0.1, 0.15) is 11.4 Å². The van der Waals surface area contributed by atoms with Gasteiger partial charge in [-0.1, -0.05) is 0 Å². The third-order valence-corrected chi connectivity index (χ3v) is 3.41. The molecule has 3 heterocycles. The fourth-order valence-corrected chi connectivity index (χ4v) is 2.38. The predicted molar refractivity (Wildman–Crippen MR) is 78.3 cm³/mol. The molecular formula is C14H17FN6O. The van der Waals surface area contributed by atoms with Gasteiger partial charge in [-0.2, -0.15) is 14.4 Å². The van der Waals surface area contributed by atoms with Crippen LogP contribution in [0.25, 0.3) is 11.4 Å². The van der Waals surface area contributed by atoms with E-state index in [2.05, 4.69) is 24.8 Å². The molecule has 2 aromatic rings. The molecule has 1 fully saturated rings. The van der Waals surface area contributed by atoms with E-state index in [1.165, 1.54) is 6.20 Å². The largest absolute Gasteiger partial charge is 0.379 e. The SMILES string of the molecule is Cc1nc(N)nc(-c2cc(CN3CCOCC3)cnc2F)n1. The van der Waals surface area contributed by atoms with E-state index in [-0.39, 0.29) is 17.3 Å². The Labute approximate surface area is 127 Å². The number of nitrogen functional groups attached to an aromatic ring is 1. The number of hydrogen-bond acceptors (Lipinski definition) is 7. The van der Waals surface area contributed by atoms with Crippen LogP contribution in [0.2, 0.25) is 0 Å². The highest BCUT2D eigenvalue weighted by Gasteiger charge is 2.15. The lowest BCUT2D eigenvalue weighted by Crippen LogP contribution is -2.35. The number of morpholine rings is 1. The van der Waals surface area contributed by atoms with Gasteiger partial charge < -0.3 is 10.5 Å². The smallest absolute Gasteiger partial charge is 0.223 e. The first kappa shape index (κ1) is 14.7. The Balaban J connectivity index is 1.89. The van der Waals surface area contributed by atoms with E-state index >= 15 is 0 Å². The minimum absolute atomic E-state index is 0.0699.